The molecule has 0 radical (unpaired) electrons. The topological polar surface area (TPSA) is 90.6 Å². The second-order valence-electron chi connectivity index (χ2n) is 4.40. The predicted octanol–water partition coefficient (Wildman–Crippen LogP) is 1.81. The van der Waals surface area contributed by atoms with Crippen molar-refractivity contribution in [3.63, 3.8) is 0 Å². The first-order valence-corrected chi connectivity index (χ1v) is 6.77. The summed E-state index contributed by atoms with van der Waals surface area (Å²) in [6, 6.07) is 3.72. The lowest BCUT2D eigenvalue weighted by Gasteiger charge is -1.99. The number of carbonyl (C=O) groups excluding carboxylic acids is 1. The molecule has 4 rings (SSSR count). The SMILES string of the molecule is O=C1Nc2ccc3ncsc3c2/C1=C/c1c[nH]c(=O)[nH]1. The van der Waals surface area contributed by atoms with E-state index in [1.165, 1.54) is 17.5 Å². The highest BCUT2D eigenvalue weighted by Gasteiger charge is 2.27. The molecule has 1 aliphatic heterocycles. The van der Waals surface area contributed by atoms with Gasteiger partial charge >= 0.3 is 5.69 Å². The molecule has 20 heavy (non-hydrogen) atoms. The van der Waals surface area contributed by atoms with Crippen LogP contribution in [0, 0.1) is 0 Å². The van der Waals surface area contributed by atoms with Crippen LogP contribution in [0.2, 0.25) is 0 Å². The summed E-state index contributed by atoms with van der Waals surface area (Å²) < 4.78 is 0.963. The van der Waals surface area contributed by atoms with Gasteiger partial charge in [0.15, 0.2) is 0 Å². The molecule has 3 N–H and O–H groups in total. The molecule has 0 fully saturated rings. The first kappa shape index (κ1) is 11.2. The Balaban J connectivity index is 1.99. The summed E-state index contributed by atoms with van der Waals surface area (Å²) >= 11 is 1.49. The van der Waals surface area contributed by atoms with Gasteiger partial charge in [-0.25, -0.2) is 9.78 Å². The molecule has 0 saturated heterocycles. The van der Waals surface area contributed by atoms with Gasteiger partial charge in [0.2, 0.25) is 0 Å². The van der Waals surface area contributed by atoms with Gasteiger partial charge < -0.3 is 15.3 Å². The second kappa shape index (κ2) is 3.91. The average Bonchev–Trinajstić information content (AvgIpc) is 3.10. The Labute approximate surface area is 116 Å². The fourth-order valence-corrected chi connectivity index (χ4v) is 3.17. The number of aromatic nitrogens is 3. The number of fused-ring (bicyclic) bond motifs is 3. The van der Waals surface area contributed by atoms with Crippen LogP contribution in [-0.2, 0) is 4.79 Å². The molecule has 1 aliphatic rings. The van der Waals surface area contributed by atoms with E-state index in [-0.39, 0.29) is 11.6 Å². The number of benzene rings is 1. The second-order valence-corrected chi connectivity index (χ2v) is 5.25. The minimum absolute atomic E-state index is 0.178. The van der Waals surface area contributed by atoms with Crippen molar-refractivity contribution >= 4 is 44.8 Å². The van der Waals surface area contributed by atoms with E-state index in [1.807, 2.05) is 12.1 Å². The van der Waals surface area contributed by atoms with Crippen molar-refractivity contribution in [1.82, 2.24) is 15.0 Å². The zero-order chi connectivity index (χ0) is 13.7. The van der Waals surface area contributed by atoms with Crippen molar-refractivity contribution in [2.75, 3.05) is 5.32 Å². The number of rotatable bonds is 1. The summed E-state index contributed by atoms with van der Waals surface area (Å²) in [6.45, 7) is 0. The molecular formula is C13H8N4O2S. The van der Waals surface area contributed by atoms with Crippen LogP contribution < -0.4 is 11.0 Å². The first-order valence-electron chi connectivity index (χ1n) is 5.90. The molecular weight excluding hydrogens is 276 g/mol. The molecule has 0 unspecified atom stereocenters. The van der Waals surface area contributed by atoms with Crippen molar-refractivity contribution in [1.29, 1.82) is 0 Å². The number of aromatic amines is 2. The quantitative estimate of drug-likeness (QED) is 0.595. The lowest BCUT2D eigenvalue weighted by Crippen LogP contribution is -2.04. The van der Waals surface area contributed by atoms with Crippen molar-refractivity contribution in [2.24, 2.45) is 0 Å². The van der Waals surface area contributed by atoms with E-state index in [1.54, 1.807) is 11.6 Å². The Bertz CT molecular complexity index is 931. The Kier molecular flexibility index (Phi) is 2.19. The van der Waals surface area contributed by atoms with Crippen LogP contribution in [0.1, 0.15) is 11.3 Å². The van der Waals surface area contributed by atoms with Gasteiger partial charge in [-0.3, -0.25) is 4.79 Å². The Morgan fingerprint density at radius 2 is 2.15 bits per heavy atom. The molecule has 7 heteroatoms. The summed E-state index contributed by atoms with van der Waals surface area (Å²) in [5, 5.41) is 2.83. The van der Waals surface area contributed by atoms with Gasteiger partial charge in [-0.05, 0) is 18.2 Å². The fraction of sp³-hybridized carbons (Fsp3) is 0. The zero-order valence-corrected chi connectivity index (χ0v) is 10.9. The lowest BCUT2D eigenvalue weighted by molar-refractivity contribution is -0.110. The largest absolute Gasteiger partial charge is 0.323 e. The molecule has 0 atom stereocenters. The van der Waals surface area contributed by atoms with Crippen LogP contribution in [0.15, 0.2) is 28.6 Å². The lowest BCUT2D eigenvalue weighted by atomic mass is 10.1. The number of anilines is 1. The predicted molar refractivity (Wildman–Crippen MR) is 77.5 cm³/mol. The summed E-state index contributed by atoms with van der Waals surface area (Å²) in [6.07, 6.45) is 3.20. The molecule has 0 bridgehead atoms. The number of nitrogens with one attached hydrogen (secondary N) is 3. The Hall–Kier alpha value is -2.67. The minimum atomic E-state index is -0.300. The first-order chi connectivity index (χ1) is 9.72. The van der Waals surface area contributed by atoms with Crippen molar-refractivity contribution < 1.29 is 4.79 Å². The molecule has 3 heterocycles. The van der Waals surface area contributed by atoms with Crippen LogP contribution in [0.5, 0.6) is 0 Å². The van der Waals surface area contributed by atoms with Crippen molar-refractivity contribution in [2.45, 2.75) is 0 Å². The standard InChI is InChI=1S/C13H8N4O2S/c18-12-7(3-6-4-14-13(19)16-6)10-8(17-12)1-2-9-11(10)20-5-15-9/h1-5H,(H,17,18)(H2,14,16,19)/b7-3-. The number of amides is 1. The van der Waals surface area contributed by atoms with E-state index >= 15 is 0 Å². The maximum atomic E-state index is 12.1. The molecule has 1 aromatic carbocycles. The molecule has 3 aromatic rings. The third-order valence-corrected chi connectivity index (χ3v) is 4.04. The van der Waals surface area contributed by atoms with E-state index in [9.17, 15) is 9.59 Å². The molecule has 0 aliphatic carbocycles. The van der Waals surface area contributed by atoms with Crippen LogP contribution >= 0.6 is 11.3 Å². The monoisotopic (exact) mass is 284 g/mol. The van der Waals surface area contributed by atoms with Gasteiger partial charge in [0.05, 0.1) is 32.7 Å². The number of H-pyrrole nitrogens is 2. The van der Waals surface area contributed by atoms with E-state index in [0.717, 1.165) is 21.5 Å². The summed E-state index contributed by atoms with van der Waals surface area (Å²) in [7, 11) is 0. The third-order valence-electron chi connectivity index (χ3n) is 3.18. The van der Waals surface area contributed by atoms with E-state index < -0.39 is 0 Å². The number of carbonyl (C=O) groups is 1. The number of hydrogen-bond acceptors (Lipinski definition) is 4. The average molecular weight is 284 g/mol. The number of imidazole rings is 1. The van der Waals surface area contributed by atoms with Gasteiger partial charge in [-0.15, -0.1) is 11.3 Å². The van der Waals surface area contributed by atoms with Crippen LogP contribution in [-0.4, -0.2) is 20.9 Å². The summed E-state index contributed by atoms with van der Waals surface area (Å²) in [4.78, 5) is 32.6. The molecule has 0 spiro atoms. The van der Waals surface area contributed by atoms with E-state index in [4.69, 9.17) is 0 Å². The normalized spacial score (nSPS) is 15.8. The number of nitrogens with zero attached hydrogens (tertiary/aromatic N) is 1. The molecule has 1 amide bonds. The Morgan fingerprint density at radius 3 is 2.95 bits per heavy atom. The zero-order valence-electron chi connectivity index (χ0n) is 10.1. The minimum Gasteiger partial charge on any atom is -0.321 e. The van der Waals surface area contributed by atoms with Crippen LogP contribution in [0.3, 0.4) is 0 Å². The Morgan fingerprint density at radius 1 is 1.25 bits per heavy atom. The fourth-order valence-electron chi connectivity index (χ4n) is 2.32. The molecule has 0 saturated carbocycles. The van der Waals surface area contributed by atoms with Gasteiger partial charge in [0.1, 0.15) is 0 Å². The molecule has 6 nitrogen and oxygen atoms in total. The van der Waals surface area contributed by atoms with E-state index in [2.05, 4.69) is 20.3 Å². The maximum absolute atomic E-state index is 12.1. The highest BCUT2D eigenvalue weighted by atomic mass is 32.1. The van der Waals surface area contributed by atoms with Gasteiger partial charge in [-0.2, -0.15) is 0 Å². The van der Waals surface area contributed by atoms with Crippen LogP contribution in [0.4, 0.5) is 5.69 Å². The molecule has 98 valence electrons. The number of hydrogen-bond donors (Lipinski definition) is 3. The van der Waals surface area contributed by atoms with Crippen LogP contribution in [0.25, 0.3) is 21.9 Å². The summed E-state index contributed by atoms with van der Waals surface area (Å²) in [5.41, 5.74) is 5.03. The smallest absolute Gasteiger partial charge is 0.321 e. The third kappa shape index (κ3) is 1.53. The number of thiazole rings is 1. The van der Waals surface area contributed by atoms with Crippen molar-refractivity contribution in [3.05, 3.63) is 45.6 Å². The van der Waals surface area contributed by atoms with E-state index in [0.29, 0.717) is 11.3 Å². The highest BCUT2D eigenvalue weighted by molar-refractivity contribution is 7.17. The van der Waals surface area contributed by atoms with Crippen molar-refractivity contribution in [3.8, 4) is 0 Å². The van der Waals surface area contributed by atoms with Gasteiger partial charge in [0, 0.05) is 11.8 Å². The maximum Gasteiger partial charge on any atom is 0.323 e. The van der Waals surface area contributed by atoms with Gasteiger partial charge in [0.25, 0.3) is 5.91 Å². The highest BCUT2D eigenvalue weighted by Crippen LogP contribution is 2.39. The summed E-state index contributed by atoms with van der Waals surface area (Å²) in [5.74, 6) is -0.178. The van der Waals surface area contributed by atoms with Gasteiger partial charge in [-0.1, -0.05) is 0 Å². The molecule has 2 aromatic heterocycles.